The number of methoxy groups -OCH3 is 2. The number of Topliss-reactive ketones (excluding diaryl/α,β-unsaturated/α-hetero) is 1. The summed E-state index contributed by atoms with van der Waals surface area (Å²) in [6.07, 6.45) is 1.36. The number of anilines is 1. The Labute approximate surface area is 183 Å². The Morgan fingerprint density at radius 2 is 1.77 bits per heavy atom. The zero-order chi connectivity index (χ0) is 22.3. The van der Waals surface area contributed by atoms with Gasteiger partial charge in [-0.05, 0) is 42.5 Å². The molecule has 0 aromatic heterocycles. The van der Waals surface area contributed by atoms with E-state index in [1.807, 2.05) is 49.4 Å². The van der Waals surface area contributed by atoms with E-state index in [1.165, 1.54) is 0 Å². The van der Waals surface area contributed by atoms with Gasteiger partial charge in [0, 0.05) is 47.3 Å². The Kier molecular flexibility index (Phi) is 5.38. The number of benzene rings is 2. The number of aryl methyl sites for hydroxylation is 1. The number of ether oxygens (including phenoxy) is 2. The fourth-order valence-electron chi connectivity index (χ4n) is 4.85. The fraction of sp³-hybridized carbons (Fsp3) is 0.385. The Morgan fingerprint density at radius 3 is 2.45 bits per heavy atom. The molecule has 1 aliphatic heterocycles. The molecular formula is C26H29NO4. The van der Waals surface area contributed by atoms with Crippen LogP contribution in [0.4, 0.5) is 5.69 Å². The van der Waals surface area contributed by atoms with Crippen molar-refractivity contribution in [3.8, 4) is 11.5 Å². The van der Waals surface area contributed by atoms with Gasteiger partial charge in [-0.1, -0.05) is 32.0 Å². The highest BCUT2D eigenvalue weighted by molar-refractivity contribution is 6.08. The molecule has 0 bridgehead atoms. The standard InChI is InChI=1S/C26H29NO4/c1-16-7-6-8-17(11-16)27-21-14-26(2,3)15-22(28)25(21)20(13-24(27)29)19-10-9-18(30-4)12-23(19)31-5/h6-12,20H,13-15H2,1-5H3. The van der Waals surface area contributed by atoms with Crippen LogP contribution < -0.4 is 14.4 Å². The van der Waals surface area contributed by atoms with Crippen LogP contribution in [0.25, 0.3) is 0 Å². The van der Waals surface area contributed by atoms with E-state index in [4.69, 9.17) is 9.47 Å². The summed E-state index contributed by atoms with van der Waals surface area (Å²) in [5.41, 5.74) is 4.11. The lowest BCUT2D eigenvalue weighted by Crippen LogP contribution is -2.43. The molecule has 0 saturated heterocycles. The van der Waals surface area contributed by atoms with E-state index >= 15 is 0 Å². The van der Waals surface area contributed by atoms with Crippen molar-refractivity contribution in [2.24, 2.45) is 5.41 Å². The molecule has 31 heavy (non-hydrogen) atoms. The van der Waals surface area contributed by atoms with Gasteiger partial charge < -0.3 is 9.47 Å². The number of carbonyl (C=O) groups excluding carboxylic acids is 2. The highest BCUT2D eigenvalue weighted by Crippen LogP contribution is 2.49. The molecule has 2 aromatic carbocycles. The molecule has 1 amide bonds. The average molecular weight is 420 g/mol. The normalized spacial score (nSPS) is 20.5. The molecule has 0 fully saturated rings. The zero-order valence-electron chi connectivity index (χ0n) is 18.8. The number of ketones is 1. The van der Waals surface area contributed by atoms with Gasteiger partial charge in [-0.25, -0.2) is 0 Å². The molecule has 0 N–H and O–H groups in total. The first kappa shape index (κ1) is 21.2. The summed E-state index contributed by atoms with van der Waals surface area (Å²) in [6, 6.07) is 13.5. The van der Waals surface area contributed by atoms with Gasteiger partial charge in [0.1, 0.15) is 11.5 Å². The van der Waals surface area contributed by atoms with Crippen LogP contribution in [0.15, 0.2) is 53.7 Å². The summed E-state index contributed by atoms with van der Waals surface area (Å²) in [5, 5.41) is 0. The predicted molar refractivity (Wildman–Crippen MR) is 121 cm³/mol. The van der Waals surface area contributed by atoms with Crippen LogP contribution in [-0.4, -0.2) is 25.9 Å². The molecule has 1 aliphatic carbocycles. The molecule has 5 heteroatoms. The van der Waals surface area contributed by atoms with Gasteiger partial charge in [0.05, 0.1) is 14.2 Å². The molecule has 2 aromatic rings. The second kappa shape index (κ2) is 7.88. The maximum absolute atomic E-state index is 13.5. The predicted octanol–water partition coefficient (Wildman–Crippen LogP) is 5.18. The number of allylic oxidation sites excluding steroid dienone is 2. The third-order valence-corrected chi connectivity index (χ3v) is 6.22. The van der Waals surface area contributed by atoms with Gasteiger partial charge in [0.2, 0.25) is 5.91 Å². The minimum Gasteiger partial charge on any atom is -0.497 e. The topological polar surface area (TPSA) is 55.8 Å². The monoisotopic (exact) mass is 419 g/mol. The summed E-state index contributed by atoms with van der Waals surface area (Å²) in [5.74, 6) is 1.09. The van der Waals surface area contributed by atoms with Crippen molar-refractivity contribution in [1.29, 1.82) is 0 Å². The lowest BCUT2D eigenvalue weighted by molar-refractivity contribution is -0.121. The SMILES string of the molecule is COc1ccc(C2CC(=O)N(c3cccc(C)c3)C3=C2C(=O)CC(C)(C)C3)c(OC)c1. The molecule has 1 atom stereocenters. The van der Waals surface area contributed by atoms with Crippen molar-refractivity contribution in [2.45, 2.75) is 46.0 Å². The van der Waals surface area contributed by atoms with Gasteiger partial charge in [0.15, 0.2) is 5.78 Å². The highest BCUT2D eigenvalue weighted by atomic mass is 16.5. The van der Waals surface area contributed by atoms with Crippen molar-refractivity contribution in [3.05, 3.63) is 64.9 Å². The first-order chi connectivity index (χ1) is 14.7. The van der Waals surface area contributed by atoms with Gasteiger partial charge in [-0.15, -0.1) is 0 Å². The van der Waals surface area contributed by atoms with Crippen molar-refractivity contribution >= 4 is 17.4 Å². The quantitative estimate of drug-likeness (QED) is 0.686. The maximum Gasteiger partial charge on any atom is 0.232 e. The minimum absolute atomic E-state index is 0.00211. The fourth-order valence-corrected chi connectivity index (χ4v) is 4.85. The Hall–Kier alpha value is -3.08. The smallest absolute Gasteiger partial charge is 0.232 e. The Morgan fingerprint density at radius 1 is 1.00 bits per heavy atom. The molecule has 0 spiro atoms. The van der Waals surface area contributed by atoms with Gasteiger partial charge >= 0.3 is 0 Å². The van der Waals surface area contributed by atoms with Crippen LogP contribution in [-0.2, 0) is 9.59 Å². The Balaban J connectivity index is 1.91. The van der Waals surface area contributed by atoms with Gasteiger partial charge in [0.25, 0.3) is 0 Å². The first-order valence-electron chi connectivity index (χ1n) is 10.6. The number of carbonyl (C=O) groups is 2. The summed E-state index contributed by atoms with van der Waals surface area (Å²) < 4.78 is 10.9. The largest absolute Gasteiger partial charge is 0.497 e. The first-order valence-corrected chi connectivity index (χ1v) is 10.6. The van der Waals surface area contributed by atoms with E-state index in [1.54, 1.807) is 19.1 Å². The third-order valence-electron chi connectivity index (χ3n) is 6.22. The molecule has 1 heterocycles. The van der Waals surface area contributed by atoms with E-state index in [0.29, 0.717) is 24.3 Å². The summed E-state index contributed by atoms with van der Waals surface area (Å²) in [7, 11) is 3.20. The van der Waals surface area contributed by atoms with E-state index < -0.39 is 0 Å². The van der Waals surface area contributed by atoms with Crippen LogP contribution in [0.5, 0.6) is 11.5 Å². The van der Waals surface area contributed by atoms with Gasteiger partial charge in [-0.3, -0.25) is 14.5 Å². The van der Waals surface area contributed by atoms with Crippen LogP contribution >= 0.6 is 0 Å². The van der Waals surface area contributed by atoms with Crippen LogP contribution in [0, 0.1) is 12.3 Å². The molecule has 162 valence electrons. The third kappa shape index (κ3) is 3.85. The van der Waals surface area contributed by atoms with Crippen LogP contribution in [0.2, 0.25) is 0 Å². The lowest BCUT2D eigenvalue weighted by Gasteiger charge is -2.43. The molecule has 4 rings (SSSR count). The summed E-state index contributed by atoms with van der Waals surface area (Å²) in [4.78, 5) is 28.7. The number of hydrogen-bond acceptors (Lipinski definition) is 4. The molecule has 0 saturated carbocycles. The van der Waals surface area contributed by atoms with E-state index in [-0.39, 0.29) is 29.4 Å². The van der Waals surface area contributed by atoms with E-state index in [0.717, 1.165) is 28.1 Å². The van der Waals surface area contributed by atoms with Crippen molar-refractivity contribution in [3.63, 3.8) is 0 Å². The maximum atomic E-state index is 13.5. The molecular weight excluding hydrogens is 390 g/mol. The van der Waals surface area contributed by atoms with Crippen LogP contribution in [0.1, 0.15) is 50.2 Å². The van der Waals surface area contributed by atoms with E-state index in [2.05, 4.69) is 13.8 Å². The molecule has 1 unspecified atom stereocenters. The van der Waals surface area contributed by atoms with Crippen LogP contribution in [0.3, 0.4) is 0 Å². The zero-order valence-corrected chi connectivity index (χ0v) is 18.8. The minimum atomic E-state index is -0.326. The van der Waals surface area contributed by atoms with Crippen molar-refractivity contribution in [2.75, 3.05) is 19.1 Å². The summed E-state index contributed by atoms with van der Waals surface area (Å²) >= 11 is 0. The number of rotatable bonds is 4. The number of amides is 1. The average Bonchev–Trinajstić information content (AvgIpc) is 2.71. The van der Waals surface area contributed by atoms with Gasteiger partial charge in [-0.2, -0.15) is 0 Å². The molecule has 5 nitrogen and oxygen atoms in total. The van der Waals surface area contributed by atoms with Crippen molar-refractivity contribution in [1.82, 2.24) is 0 Å². The van der Waals surface area contributed by atoms with E-state index in [9.17, 15) is 9.59 Å². The molecule has 2 aliphatic rings. The number of nitrogens with zero attached hydrogens (tertiary/aromatic N) is 1. The number of hydrogen-bond donors (Lipinski definition) is 0. The second-order valence-electron chi connectivity index (χ2n) is 9.23. The Bertz CT molecular complexity index is 1080. The second-order valence-corrected chi connectivity index (χ2v) is 9.23. The highest BCUT2D eigenvalue weighted by Gasteiger charge is 2.45. The van der Waals surface area contributed by atoms with Crippen molar-refractivity contribution < 1.29 is 19.1 Å². The summed E-state index contributed by atoms with van der Waals surface area (Å²) in [6.45, 7) is 6.19. The molecule has 0 radical (unpaired) electrons. The lowest BCUT2D eigenvalue weighted by atomic mass is 9.69.